The molecule has 5 nitrogen and oxygen atoms in total. The first kappa shape index (κ1) is 25.4. The molecule has 3 saturated carbocycles. The van der Waals surface area contributed by atoms with Crippen molar-refractivity contribution >= 4 is 17.5 Å². The van der Waals surface area contributed by atoms with E-state index in [1.807, 2.05) is 26.0 Å². The fraction of sp³-hybridized carbons (Fsp3) is 0.742. The van der Waals surface area contributed by atoms with Crippen molar-refractivity contribution in [3.8, 4) is 6.07 Å². The molecule has 0 heterocycles. The quantitative estimate of drug-likeness (QED) is 0.537. The summed E-state index contributed by atoms with van der Waals surface area (Å²) in [5.41, 5.74) is 0.643. The second-order valence-electron chi connectivity index (χ2n) is 13.8. The molecule has 0 aliphatic heterocycles. The van der Waals surface area contributed by atoms with Gasteiger partial charge in [-0.2, -0.15) is 5.26 Å². The lowest BCUT2D eigenvalue weighted by Crippen LogP contribution is -2.66. The van der Waals surface area contributed by atoms with Crippen LogP contribution in [0, 0.1) is 57.2 Å². The molecular formula is C31H42N2O3. The number of nitrogens with zero attached hydrogens (tertiary/aromatic N) is 1. The van der Waals surface area contributed by atoms with E-state index >= 15 is 0 Å². The first-order valence-corrected chi connectivity index (χ1v) is 14.1. The summed E-state index contributed by atoms with van der Waals surface area (Å²) >= 11 is 0. The summed E-state index contributed by atoms with van der Waals surface area (Å²) in [5, 5.41) is 13.2. The first-order valence-electron chi connectivity index (χ1n) is 14.1. The number of allylic oxidation sites excluding steroid dienone is 4. The van der Waals surface area contributed by atoms with Gasteiger partial charge in [-0.3, -0.25) is 14.4 Å². The van der Waals surface area contributed by atoms with Gasteiger partial charge in [-0.1, -0.05) is 53.2 Å². The molecule has 1 N–H and O–H groups in total. The van der Waals surface area contributed by atoms with Crippen LogP contribution in [0.4, 0.5) is 0 Å². The zero-order chi connectivity index (χ0) is 26.3. The maximum absolute atomic E-state index is 14.2. The Morgan fingerprint density at radius 3 is 2.42 bits per heavy atom. The predicted octanol–water partition coefficient (Wildman–Crippen LogP) is 5.70. The van der Waals surface area contributed by atoms with Crippen LogP contribution in [0.15, 0.2) is 23.3 Å². The van der Waals surface area contributed by atoms with Crippen LogP contribution in [0.2, 0.25) is 0 Å². The number of fused-ring (bicyclic) bond motifs is 7. The van der Waals surface area contributed by atoms with Crippen LogP contribution in [0.5, 0.6) is 0 Å². The largest absolute Gasteiger partial charge is 0.350 e. The summed E-state index contributed by atoms with van der Waals surface area (Å²) in [6.07, 6.45) is 11.0. The van der Waals surface area contributed by atoms with Gasteiger partial charge in [-0.15, -0.1) is 0 Å². The van der Waals surface area contributed by atoms with Gasteiger partial charge in [-0.25, -0.2) is 0 Å². The van der Waals surface area contributed by atoms with E-state index in [0.717, 1.165) is 50.5 Å². The topological polar surface area (TPSA) is 87.0 Å². The zero-order valence-corrected chi connectivity index (χ0v) is 22.9. The summed E-state index contributed by atoms with van der Waals surface area (Å²) in [4.78, 5) is 39.7. The Hall–Kier alpha value is -2.22. The van der Waals surface area contributed by atoms with Crippen molar-refractivity contribution in [2.45, 2.75) is 98.4 Å². The molecule has 3 fully saturated rings. The van der Waals surface area contributed by atoms with Crippen molar-refractivity contribution in [1.82, 2.24) is 5.32 Å². The van der Waals surface area contributed by atoms with Crippen LogP contribution in [-0.2, 0) is 14.4 Å². The second kappa shape index (κ2) is 8.14. The highest BCUT2D eigenvalue weighted by atomic mass is 16.2. The van der Waals surface area contributed by atoms with E-state index in [-0.39, 0.29) is 69.0 Å². The number of amides is 1. The second-order valence-corrected chi connectivity index (χ2v) is 13.8. The van der Waals surface area contributed by atoms with Gasteiger partial charge in [-0.05, 0) is 79.6 Å². The number of nitrogens with one attached hydrogen (secondary N) is 1. The molecule has 5 aliphatic rings. The van der Waals surface area contributed by atoms with Gasteiger partial charge < -0.3 is 5.32 Å². The summed E-state index contributed by atoms with van der Waals surface area (Å²) in [6.45, 7) is 13.0. The number of ketones is 2. The Labute approximate surface area is 216 Å². The molecule has 0 aromatic heterocycles. The van der Waals surface area contributed by atoms with Crippen LogP contribution >= 0.6 is 0 Å². The standard InChI is InChI=1S/C31H42N2O3/c1-7-25(35)33-31-11-9-21-26(22(31)16-28(3,4)12-13-31)23(34)14-24-29(21,5)10-8-20-18(2)27(36)19(17-32)15-30(20,24)6/h14-15,18,20-22,26H,7-13,16H2,1-6H3,(H,33,35). The third-order valence-electron chi connectivity index (χ3n) is 11.4. The summed E-state index contributed by atoms with van der Waals surface area (Å²) in [5.74, 6) is 0.408. The Balaban J connectivity index is 1.62. The molecule has 5 aliphatic carbocycles. The normalized spacial score (nSPS) is 45.1. The lowest BCUT2D eigenvalue weighted by atomic mass is 9.40. The lowest BCUT2D eigenvalue weighted by molar-refractivity contribution is -0.144. The minimum atomic E-state index is -0.456. The molecule has 5 rings (SSSR count). The number of rotatable bonds is 2. The molecule has 0 spiro atoms. The Morgan fingerprint density at radius 2 is 1.75 bits per heavy atom. The number of carbonyl (C=O) groups excluding carboxylic acids is 3. The molecule has 8 atom stereocenters. The average molecular weight is 491 g/mol. The maximum Gasteiger partial charge on any atom is 0.220 e. The van der Waals surface area contributed by atoms with Gasteiger partial charge in [0, 0.05) is 29.2 Å². The third kappa shape index (κ3) is 3.42. The average Bonchev–Trinajstić information content (AvgIpc) is 2.82. The van der Waals surface area contributed by atoms with Crippen molar-refractivity contribution < 1.29 is 14.4 Å². The van der Waals surface area contributed by atoms with Crippen LogP contribution in [0.25, 0.3) is 0 Å². The molecule has 0 aromatic carbocycles. The molecule has 1 amide bonds. The van der Waals surface area contributed by atoms with Gasteiger partial charge in [0.2, 0.25) is 5.91 Å². The Morgan fingerprint density at radius 1 is 1.06 bits per heavy atom. The Kier molecular flexibility index (Phi) is 5.75. The van der Waals surface area contributed by atoms with E-state index in [1.165, 1.54) is 0 Å². The van der Waals surface area contributed by atoms with Gasteiger partial charge in [0.25, 0.3) is 0 Å². The van der Waals surface area contributed by atoms with Crippen LogP contribution < -0.4 is 5.32 Å². The highest BCUT2D eigenvalue weighted by molar-refractivity contribution is 6.02. The molecule has 5 heteroatoms. The molecule has 0 radical (unpaired) electrons. The minimum Gasteiger partial charge on any atom is -0.350 e. The van der Waals surface area contributed by atoms with Crippen LogP contribution in [-0.4, -0.2) is 23.0 Å². The molecule has 0 aromatic rings. The minimum absolute atomic E-state index is 0.0530. The highest BCUT2D eigenvalue weighted by Gasteiger charge is 2.64. The summed E-state index contributed by atoms with van der Waals surface area (Å²) in [7, 11) is 0. The van der Waals surface area contributed by atoms with Crippen molar-refractivity contribution in [2.24, 2.45) is 45.8 Å². The zero-order valence-electron chi connectivity index (χ0n) is 22.9. The van der Waals surface area contributed by atoms with Crippen LogP contribution in [0.1, 0.15) is 92.9 Å². The predicted molar refractivity (Wildman–Crippen MR) is 138 cm³/mol. The van der Waals surface area contributed by atoms with Crippen molar-refractivity contribution in [3.63, 3.8) is 0 Å². The van der Waals surface area contributed by atoms with E-state index in [1.54, 1.807) is 0 Å². The van der Waals surface area contributed by atoms with Crippen molar-refractivity contribution in [2.75, 3.05) is 0 Å². The SMILES string of the molecule is CCC(=O)NC12CCC3C(C(=O)C=C4C5(C)C=C(C#N)C(=O)C(C)C5CCC43C)C1CC(C)(C)CC2. The van der Waals surface area contributed by atoms with Gasteiger partial charge in [0.1, 0.15) is 6.07 Å². The molecule has 8 unspecified atom stereocenters. The van der Waals surface area contributed by atoms with Crippen molar-refractivity contribution in [3.05, 3.63) is 23.3 Å². The van der Waals surface area contributed by atoms with E-state index in [2.05, 4.69) is 39.1 Å². The van der Waals surface area contributed by atoms with E-state index in [0.29, 0.717) is 6.42 Å². The van der Waals surface area contributed by atoms with E-state index in [4.69, 9.17) is 0 Å². The maximum atomic E-state index is 14.2. The monoisotopic (exact) mass is 490 g/mol. The first-order chi connectivity index (χ1) is 16.8. The lowest BCUT2D eigenvalue weighted by Gasteiger charge is -2.64. The number of hydrogen-bond donors (Lipinski definition) is 1. The molecular weight excluding hydrogens is 448 g/mol. The number of carbonyl (C=O) groups is 3. The van der Waals surface area contributed by atoms with Gasteiger partial charge in [0.15, 0.2) is 11.6 Å². The molecule has 36 heavy (non-hydrogen) atoms. The van der Waals surface area contributed by atoms with Gasteiger partial charge >= 0.3 is 0 Å². The smallest absolute Gasteiger partial charge is 0.220 e. The van der Waals surface area contributed by atoms with Crippen LogP contribution in [0.3, 0.4) is 0 Å². The Bertz CT molecular complexity index is 1130. The summed E-state index contributed by atoms with van der Waals surface area (Å²) < 4.78 is 0. The fourth-order valence-corrected chi connectivity index (χ4v) is 9.48. The number of hydrogen-bond acceptors (Lipinski definition) is 4. The third-order valence-corrected chi connectivity index (χ3v) is 11.4. The summed E-state index contributed by atoms with van der Waals surface area (Å²) in [6, 6.07) is 2.15. The molecule has 194 valence electrons. The fourth-order valence-electron chi connectivity index (χ4n) is 9.48. The highest BCUT2D eigenvalue weighted by Crippen LogP contribution is 2.68. The van der Waals surface area contributed by atoms with Gasteiger partial charge in [0.05, 0.1) is 5.57 Å². The van der Waals surface area contributed by atoms with E-state index in [9.17, 15) is 19.6 Å². The number of nitriles is 1. The molecule has 0 saturated heterocycles. The number of Topliss-reactive ketones (excluding diaryl/α,β-unsaturated/α-hetero) is 1. The van der Waals surface area contributed by atoms with E-state index < -0.39 is 5.41 Å². The molecule has 0 bridgehead atoms. The van der Waals surface area contributed by atoms with Crippen molar-refractivity contribution in [1.29, 1.82) is 5.26 Å².